The van der Waals surface area contributed by atoms with Crippen LogP contribution in [0.5, 0.6) is 11.5 Å². The average molecular weight is 419 g/mol. The fourth-order valence-electron chi connectivity index (χ4n) is 2.83. The summed E-state index contributed by atoms with van der Waals surface area (Å²) in [5.74, 6) is 0.647. The lowest BCUT2D eigenvalue weighted by Crippen LogP contribution is -2.20. The quantitative estimate of drug-likeness (QED) is 0.576. The van der Waals surface area contributed by atoms with Crippen molar-refractivity contribution in [2.45, 2.75) is 0 Å². The number of hydrogen-bond acceptors (Lipinski definition) is 5. The van der Waals surface area contributed by atoms with Crippen LogP contribution >= 0.6 is 0 Å². The lowest BCUT2D eigenvalue weighted by Gasteiger charge is -2.13. The van der Waals surface area contributed by atoms with E-state index in [1.807, 2.05) is 31.1 Å². The monoisotopic (exact) mass is 419 g/mol. The maximum Gasteiger partial charge on any atom is 0.262 e. The predicted molar refractivity (Wildman–Crippen MR) is 122 cm³/mol. The molecule has 0 unspecified atom stereocenters. The summed E-state index contributed by atoms with van der Waals surface area (Å²) in [6.07, 6.45) is 0. The fourth-order valence-corrected chi connectivity index (χ4v) is 2.83. The SMILES string of the molecule is COc1cccc(OCC(=O)Nc2cccc(NC(=O)c3ccc(N(C)C)cc3)c2)c1. The van der Waals surface area contributed by atoms with Crippen molar-refractivity contribution >= 4 is 28.9 Å². The molecule has 0 fully saturated rings. The van der Waals surface area contributed by atoms with Gasteiger partial charge in [0.1, 0.15) is 11.5 Å². The van der Waals surface area contributed by atoms with E-state index in [4.69, 9.17) is 9.47 Å². The van der Waals surface area contributed by atoms with Crippen LogP contribution < -0.4 is 25.0 Å². The van der Waals surface area contributed by atoms with Crippen molar-refractivity contribution in [2.24, 2.45) is 0 Å². The molecule has 0 aliphatic rings. The summed E-state index contributed by atoms with van der Waals surface area (Å²) >= 11 is 0. The first-order valence-electron chi connectivity index (χ1n) is 9.70. The molecule has 0 heterocycles. The van der Waals surface area contributed by atoms with Crippen molar-refractivity contribution in [3.05, 3.63) is 78.4 Å². The van der Waals surface area contributed by atoms with E-state index in [0.29, 0.717) is 28.4 Å². The highest BCUT2D eigenvalue weighted by Crippen LogP contribution is 2.20. The highest BCUT2D eigenvalue weighted by molar-refractivity contribution is 6.05. The van der Waals surface area contributed by atoms with Gasteiger partial charge >= 0.3 is 0 Å². The molecule has 0 aromatic heterocycles. The summed E-state index contributed by atoms with van der Waals surface area (Å²) in [5.41, 5.74) is 2.69. The van der Waals surface area contributed by atoms with Gasteiger partial charge in [-0.1, -0.05) is 12.1 Å². The molecule has 160 valence electrons. The van der Waals surface area contributed by atoms with Crippen LogP contribution in [0.3, 0.4) is 0 Å². The number of amides is 2. The first-order chi connectivity index (χ1) is 14.9. The minimum atomic E-state index is -0.314. The topological polar surface area (TPSA) is 79.9 Å². The number of ether oxygens (including phenoxy) is 2. The Morgan fingerprint density at radius 3 is 2.16 bits per heavy atom. The summed E-state index contributed by atoms with van der Waals surface area (Å²) in [7, 11) is 5.45. The standard InChI is InChI=1S/C24H25N3O4/c1-27(2)20-12-10-17(11-13-20)24(29)26-19-7-4-6-18(14-19)25-23(28)16-31-22-9-5-8-21(15-22)30-3/h4-15H,16H2,1-3H3,(H,25,28)(H,26,29). The number of nitrogens with one attached hydrogen (secondary N) is 2. The summed E-state index contributed by atoms with van der Waals surface area (Å²) in [5, 5.41) is 5.60. The second-order valence-corrected chi connectivity index (χ2v) is 6.99. The molecule has 0 atom stereocenters. The van der Waals surface area contributed by atoms with Gasteiger partial charge in [-0.05, 0) is 54.6 Å². The van der Waals surface area contributed by atoms with Gasteiger partial charge in [0, 0.05) is 42.8 Å². The summed E-state index contributed by atoms with van der Waals surface area (Å²) in [6, 6.07) is 21.3. The molecule has 0 spiro atoms. The number of hydrogen-bond donors (Lipinski definition) is 2. The fraction of sp³-hybridized carbons (Fsp3) is 0.167. The second-order valence-electron chi connectivity index (χ2n) is 6.99. The second kappa shape index (κ2) is 10.2. The lowest BCUT2D eigenvalue weighted by molar-refractivity contribution is -0.118. The van der Waals surface area contributed by atoms with E-state index >= 15 is 0 Å². The van der Waals surface area contributed by atoms with Crippen molar-refractivity contribution in [1.82, 2.24) is 0 Å². The van der Waals surface area contributed by atoms with E-state index in [1.54, 1.807) is 67.8 Å². The van der Waals surface area contributed by atoms with E-state index in [-0.39, 0.29) is 18.4 Å². The van der Waals surface area contributed by atoms with Crippen molar-refractivity contribution in [3.63, 3.8) is 0 Å². The summed E-state index contributed by atoms with van der Waals surface area (Å²) in [4.78, 5) is 26.7. The van der Waals surface area contributed by atoms with E-state index in [1.165, 1.54) is 0 Å². The van der Waals surface area contributed by atoms with Gasteiger partial charge in [-0.15, -0.1) is 0 Å². The van der Waals surface area contributed by atoms with Crippen molar-refractivity contribution in [1.29, 1.82) is 0 Å². The molecule has 31 heavy (non-hydrogen) atoms. The molecule has 0 saturated carbocycles. The maximum atomic E-state index is 12.5. The van der Waals surface area contributed by atoms with Crippen LogP contribution in [-0.4, -0.2) is 39.6 Å². The molecule has 2 amide bonds. The highest BCUT2D eigenvalue weighted by Gasteiger charge is 2.09. The van der Waals surface area contributed by atoms with Gasteiger partial charge in [-0.25, -0.2) is 0 Å². The van der Waals surface area contributed by atoms with Crippen LogP contribution in [0.1, 0.15) is 10.4 Å². The minimum Gasteiger partial charge on any atom is -0.497 e. The molecular weight excluding hydrogens is 394 g/mol. The highest BCUT2D eigenvalue weighted by atomic mass is 16.5. The zero-order valence-electron chi connectivity index (χ0n) is 17.7. The summed E-state index contributed by atoms with van der Waals surface area (Å²) in [6.45, 7) is -0.151. The van der Waals surface area contributed by atoms with Crippen LogP contribution in [0.25, 0.3) is 0 Å². The zero-order valence-corrected chi connectivity index (χ0v) is 17.7. The van der Waals surface area contributed by atoms with Crippen molar-refractivity contribution in [3.8, 4) is 11.5 Å². The van der Waals surface area contributed by atoms with Crippen LogP contribution in [0.2, 0.25) is 0 Å². The molecule has 3 aromatic rings. The average Bonchev–Trinajstić information content (AvgIpc) is 2.78. The number of methoxy groups -OCH3 is 1. The molecule has 3 aromatic carbocycles. The van der Waals surface area contributed by atoms with Gasteiger partial charge in [0.15, 0.2) is 6.61 Å². The van der Waals surface area contributed by atoms with Crippen LogP contribution in [0.4, 0.5) is 17.1 Å². The molecule has 7 heteroatoms. The Balaban J connectivity index is 1.56. The van der Waals surface area contributed by atoms with Crippen LogP contribution in [-0.2, 0) is 4.79 Å². The molecule has 0 radical (unpaired) electrons. The predicted octanol–water partition coefficient (Wildman–Crippen LogP) is 4.03. The third-order valence-corrected chi connectivity index (χ3v) is 4.46. The smallest absolute Gasteiger partial charge is 0.262 e. The Morgan fingerprint density at radius 2 is 1.48 bits per heavy atom. The first-order valence-corrected chi connectivity index (χ1v) is 9.70. The van der Waals surface area contributed by atoms with E-state index in [0.717, 1.165) is 5.69 Å². The van der Waals surface area contributed by atoms with E-state index < -0.39 is 0 Å². The Kier molecular flexibility index (Phi) is 7.11. The minimum absolute atomic E-state index is 0.151. The van der Waals surface area contributed by atoms with Gasteiger partial charge < -0.3 is 25.0 Å². The third-order valence-electron chi connectivity index (χ3n) is 4.46. The number of benzene rings is 3. The Labute approximate surface area is 181 Å². The molecular formula is C24H25N3O4. The lowest BCUT2D eigenvalue weighted by atomic mass is 10.2. The molecule has 0 bridgehead atoms. The summed E-state index contributed by atoms with van der Waals surface area (Å²) < 4.78 is 10.6. The molecule has 0 aliphatic heterocycles. The van der Waals surface area contributed by atoms with E-state index in [2.05, 4.69) is 10.6 Å². The Morgan fingerprint density at radius 1 is 0.839 bits per heavy atom. The normalized spacial score (nSPS) is 10.2. The molecule has 7 nitrogen and oxygen atoms in total. The first kappa shape index (κ1) is 21.7. The van der Waals surface area contributed by atoms with Gasteiger partial charge in [-0.2, -0.15) is 0 Å². The Bertz CT molecular complexity index is 1050. The number of carbonyl (C=O) groups excluding carboxylic acids is 2. The Hall–Kier alpha value is -4.00. The van der Waals surface area contributed by atoms with Gasteiger partial charge in [0.2, 0.25) is 0 Å². The van der Waals surface area contributed by atoms with Crippen LogP contribution in [0, 0.1) is 0 Å². The number of nitrogens with zero attached hydrogens (tertiary/aromatic N) is 1. The maximum absolute atomic E-state index is 12.5. The molecule has 2 N–H and O–H groups in total. The molecule has 3 rings (SSSR count). The van der Waals surface area contributed by atoms with Crippen molar-refractivity contribution < 1.29 is 19.1 Å². The molecule has 0 saturated heterocycles. The number of carbonyl (C=O) groups is 2. The largest absolute Gasteiger partial charge is 0.497 e. The third kappa shape index (κ3) is 6.24. The van der Waals surface area contributed by atoms with Crippen molar-refractivity contribution in [2.75, 3.05) is 43.3 Å². The number of anilines is 3. The van der Waals surface area contributed by atoms with Gasteiger partial charge in [0.25, 0.3) is 11.8 Å². The van der Waals surface area contributed by atoms with Gasteiger partial charge in [0.05, 0.1) is 7.11 Å². The molecule has 0 aliphatic carbocycles. The van der Waals surface area contributed by atoms with Crippen LogP contribution in [0.15, 0.2) is 72.8 Å². The van der Waals surface area contributed by atoms with Gasteiger partial charge in [-0.3, -0.25) is 9.59 Å². The van der Waals surface area contributed by atoms with E-state index in [9.17, 15) is 9.59 Å². The number of rotatable bonds is 8. The zero-order chi connectivity index (χ0) is 22.2.